The zero-order valence-electron chi connectivity index (χ0n) is 11.4. The molecule has 0 aromatic rings. The fourth-order valence-electron chi connectivity index (χ4n) is 2.46. The molecular weight excluding hydrogens is 264 g/mol. The molecule has 1 saturated carbocycles. The van der Waals surface area contributed by atoms with Crippen molar-refractivity contribution in [2.45, 2.75) is 51.0 Å². The summed E-state index contributed by atoms with van der Waals surface area (Å²) in [4.78, 5) is 11.7. The molecule has 1 atom stereocenters. The highest BCUT2D eigenvalue weighted by Crippen LogP contribution is 2.26. The first-order valence-corrected chi connectivity index (χ1v) is 8.85. The Morgan fingerprint density at radius 2 is 2.00 bits per heavy atom. The number of nitrogens with zero attached hydrogens (tertiary/aromatic N) is 1. The molecule has 0 radical (unpaired) electrons. The van der Waals surface area contributed by atoms with Gasteiger partial charge in [0.2, 0.25) is 5.91 Å². The van der Waals surface area contributed by atoms with E-state index < -0.39 is 15.9 Å². The number of hydrogen-bond acceptors (Lipinski definition) is 4. The lowest BCUT2D eigenvalue weighted by molar-refractivity contribution is -0.121. The SMILES string of the molecule is CS(=O)(=O)CCCC(=O)NC(C#N)C1CCCCC1. The summed E-state index contributed by atoms with van der Waals surface area (Å²) in [5, 5.41) is 11.8. The number of nitriles is 1. The Kier molecular flexibility index (Phi) is 6.29. The molecule has 0 spiro atoms. The Hall–Kier alpha value is -1.09. The van der Waals surface area contributed by atoms with Crippen LogP contribution in [0.1, 0.15) is 44.9 Å². The number of carbonyl (C=O) groups excluding carboxylic acids is 1. The molecule has 1 N–H and O–H groups in total. The second-order valence-electron chi connectivity index (χ2n) is 5.31. The van der Waals surface area contributed by atoms with E-state index in [0.717, 1.165) is 31.9 Å². The van der Waals surface area contributed by atoms with E-state index in [2.05, 4.69) is 11.4 Å². The van der Waals surface area contributed by atoms with Crippen molar-refractivity contribution in [3.05, 3.63) is 0 Å². The zero-order valence-corrected chi connectivity index (χ0v) is 12.2. The van der Waals surface area contributed by atoms with Gasteiger partial charge in [-0.25, -0.2) is 8.42 Å². The molecule has 0 aromatic carbocycles. The molecule has 0 aromatic heterocycles. The number of carbonyl (C=O) groups is 1. The lowest BCUT2D eigenvalue weighted by Gasteiger charge is -2.26. The molecule has 108 valence electrons. The molecule has 1 aliphatic rings. The number of rotatable bonds is 6. The Bertz CT molecular complexity index is 433. The van der Waals surface area contributed by atoms with E-state index in [1.165, 1.54) is 6.42 Å². The standard InChI is InChI=1S/C13H22N2O3S/c1-19(17,18)9-5-8-13(16)15-12(10-14)11-6-3-2-4-7-11/h11-12H,2-9H2,1H3,(H,15,16). The topological polar surface area (TPSA) is 87.0 Å². The van der Waals surface area contributed by atoms with Crippen LogP contribution in [0.3, 0.4) is 0 Å². The molecule has 5 nitrogen and oxygen atoms in total. The Morgan fingerprint density at radius 1 is 1.37 bits per heavy atom. The average Bonchev–Trinajstić information content (AvgIpc) is 2.35. The maximum atomic E-state index is 11.7. The van der Waals surface area contributed by atoms with Gasteiger partial charge in [-0.1, -0.05) is 19.3 Å². The molecular formula is C13H22N2O3S. The zero-order chi connectivity index (χ0) is 14.3. The van der Waals surface area contributed by atoms with Crippen molar-refractivity contribution in [2.75, 3.05) is 12.0 Å². The molecule has 1 aliphatic carbocycles. The van der Waals surface area contributed by atoms with Gasteiger partial charge in [0.1, 0.15) is 15.9 Å². The van der Waals surface area contributed by atoms with E-state index in [1.54, 1.807) is 0 Å². The molecule has 1 rings (SSSR count). The Labute approximate surface area is 115 Å². The molecule has 1 amide bonds. The smallest absolute Gasteiger partial charge is 0.221 e. The summed E-state index contributed by atoms with van der Waals surface area (Å²) in [5.74, 6) is 0.0412. The molecule has 0 bridgehead atoms. The van der Waals surface area contributed by atoms with Crippen molar-refractivity contribution >= 4 is 15.7 Å². The molecule has 0 aliphatic heterocycles. The van der Waals surface area contributed by atoms with Gasteiger partial charge in [0.15, 0.2) is 0 Å². The van der Waals surface area contributed by atoms with Gasteiger partial charge in [-0.05, 0) is 25.2 Å². The summed E-state index contributed by atoms with van der Waals surface area (Å²) in [7, 11) is -3.02. The summed E-state index contributed by atoms with van der Waals surface area (Å²) in [6.45, 7) is 0. The van der Waals surface area contributed by atoms with Crippen molar-refractivity contribution in [1.82, 2.24) is 5.32 Å². The number of sulfone groups is 1. The van der Waals surface area contributed by atoms with Crippen molar-refractivity contribution in [2.24, 2.45) is 5.92 Å². The second kappa shape index (κ2) is 7.49. The van der Waals surface area contributed by atoms with E-state index in [1.807, 2.05) is 0 Å². The maximum Gasteiger partial charge on any atom is 0.221 e. The molecule has 6 heteroatoms. The van der Waals surface area contributed by atoms with Gasteiger partial charge in [-0.3, -0.25) is 4.79 Å². The van der Waals surface area contributed by atoms with E-state index in [-0.39, 0.29) is 24.0 Å². The van der Waals surface area contributed by atoms with Crippen LogP contribution >= 0.6 is 0 Å². The van der Waals surface area contributed by atoms with Gasteiger partial charge in [-0.2, -0.15) is 5.26 Å². The highest BCUT2D eigenvalue weighted by molar-refractivity contribution is 7.90. The van der Waals surface area contributed by atoms with Gasteiger partial charge < -0.3 is 5.32 Å². The van der Waals surface area contributed by atoms with Gasteiger partial charge in [0, 0.05) is 12.7 Å². The van der Waals surface area contributed by atoms with Crippen molar-refractivity contribution in [3.63, 3.8) is 0 Å². The predicted molar refractivity (Wildman–Crippen MR) is 73.1 cm³/mol. The predicted octanol–water partition coefficient (Wildman–Crippen LogP) is 1.40. The van der Waals surface area contributed by atoms with Gasteiger partial charge >= 0.3 is 0 Å². The van der Waals surface area contributed by atoms with Crippen LogP contribution in [0.25, 0.3) is 0 Å². The lowest BCUT2D eigenvalue weighted by Crippen LogP contribution is -2.40. The quantitative estimate of drug-likeness (QED) is 0.799. The highest BCUT2D eigenvalue weighted by Gasteiger charge is 2.24. The van der Waals surface area contributed by atoms with Gasteiger partial charge in [-0.15, -0.1) is 0 Å². The summed E-state index contributed by atoms with van der Waals surface area (Å²) >= 11 is 0. The van der Waals surface area contributed by atoms with Crippen molar-refractivity contribution in [1.29, 1.82) is 5.26 Å². The summed E-state index contributed by atoms with van der Waals surface area (Å²) < 4.78 is 21.9. The van der Waals surface area contributed by atoms with E-state index in [0.29, 0.717) is 6.42 Å². The minimum atomic E-state index is -3.02. The third-order valence-electron chi connectivity index (χ3n) is 3.50. The Morgan fingerprint density at radius 3 is 2.53 bits per heavy atom. The largest absolute Gasteiger partial charge is 0.340 e. The van der Waals surface area contributed by atoms with Gasteiger partial charge in [0.05, 0.1) is 11.8 Å². The van der Waals surface area contributed by atoms with E-state index >= 15 is 0 Å². The van der Waals surface area contributed by atoms with E-state index in [9.17, 15) is 13.2 Å². The normalized spacial score (nSPS) is 18.5. The fourth-order valence-corrected chi connectivity index (χ4v) is 3.13. The Balaban J connectivity index is 2.34. The minimum Gasteiger partial charge on any atom is -0.340 e. The maximum absolute atomic E-state index is 11.7. The van der Waals surface area contributed by atoms with Gasteiger partial charge in [0.25, 0.3) is 0 Å². The van der Waals surface area contributed by atoms with Crippen molar-refractivity contribution in [3.8, 4) is 6.07 Å². The highest BCUT2D eigenvalue weighted by atomic mass is 32.2. The minimum absolute atomic E-state index is 0.0149. The van der Waals surface area contributed by atoms with Crippen LogP contribution in [0.2, 0.25) is 0 Å². The second-order valence-corrected chi connectivity index (χ2v) is 7.57. The monoisotopic (exact) mass is 286 g/mol. The first-order chi connectivity index (χ1) is 8.92. The first-order valence-electron chi connectivity index (χ1n) is 6.79. The number of hydrogen-bond donors (Lipinski definition) is 1. The van der Waals surface area contributed by atoms with Crippen LogP contribution in [0, 0.1) is 17.2 Å². The lowest BCUT2D eigenvalue weighted by atomic mass is 9.84. The van der Waals surface area contributed by atoms with E-state index in [4.69, 9.17) is 5.26 Å². The average molecular weight is 286 g/mol. The summed E-state index contributed by atoms with van der Waals surface area (Å²) in [6, 6.07) is 1.73. The molecule has 1 unspecified atom stereocenters. The number of amides is 1. The third-order valence-corrected chi connectivity index (χ3v) is 4.53. The molecule has 1 fully saturated rings. The first kappa shape index (κ1) is 16.0. The van der Waals surface area contributed by atoms with Crippen LogP contribution in [-0.2, 0) is 14.6 Å². The van der Waals surface area contributed by atoms with Crippen LogP contribution in [0.4, 0.5) is 0 Å². The third kappa shape index (κ3) is 6.58. The summed E-state index contributed by atoms with van der Waals surface area (Å²) in [5.41, 5.74) is 0. The van der Waals surface area contributed by atoms with Crippen LogP contribution < -0.4 is 5.32 Å². The summed E-state index contributed by atoms with van der Waals surface area (Å²) in [6.07, 6.45) is 7.05. The molecule has 0 saturated heterocycles. The van der Waals surface area contributed by atoms with Crippen molar-refractivity contribution < 1.29 is 13.2 Å². The van der Waals surface area contributed by atoms with Crippen LogP contribution in [0.15, 0.2) is 0 Å². The van der Waals surface area contributed by atoms with Crippen LogP contribution in [0.5, 0.6) is 0 Å². The number of nitrogens with one attached hydrogen (secondary N) is 1. The molecule has 19 heavy (non-hydrogen) atoms. The van der Waals surface area contributed by atoms with Crippen LogP contribution in [-0.4, -0.2) is 32.4 Å². The molecule has 0 heterocycles. The fraction of sp³-hybridized carbons (Fsp3) is 0.846.